The third-order valence-electron chi connectivity index (χ3n) is 3.93. The van der Waals surface area contributed by atoms with Crippen molar-refractivity contribution in [2.75, 3.05) is 20.2 Å². The van der Waals surface area contributed by atoms with E-state index in [0.29, 0.717) is 17.6 Å². The van der Waals surface area contributed by atoms with Crippen molar-refractivity contribution in [1.82, 2.24) is 10.2 Å². The number of carbonyl (C=O) groups excluding carboxylic acids is 1. The summed E-state index contributed by atoms with van der Waals surface area (Å²) in [6.07, 6.45) is 1.28. The Morgan fingerprint density at radius 2 is 2.22 bits per heavy atom. The zero-order valence-electron chi connectivity index (χ0n) is 10.6. The fourth-order valence-corrected chi connectivity index (χ4v) is 2.94. The lowest BCUT2D eigenvalue weighted by Gasteiger charge is -2.27. The molecule has 18 heavy (non-hydrogen) atoms. The van der Waals surface area contributed by atoms with Crippen LogP contribution in [0.2, 0.25) is 0 Å². The van der Waals surface area contributed by atoms with E-state index in [1.165, 1.54) is 19.1 Å². The number of fused-ring (bicyclic) bond motifs is 2. The summed E-state index contributed by atoms with van der Waals surface area (Å²) in [5.41, 5.74) is 1.88. The van der Waals surface area contributed by atoms with Gasteiger partial charge in [-0.2, -0.15) is 0 Å². The van der Waals surface area contributed by atoms with Crippen LogP contribution in [0.15, 0.2) is 24.3 Å². The van der Waals surface area contributed by atoms with E-state index >= 15 is 0 Å². The number of hydrogen-bond donors (Lipinski definition) is 1. The number of carbonyl (C=O) groups is 1. The number of methoxy groups -OCH3 is 1. The van der Waals surface area contributed by atoms with Gasteiger partial charge in [0.2, 0.25) is 0 Å². The molecule has 0 saturated carbocycles. The second-order valence-electron chi connectivity index (χ2n) is 5.11. The third kappa shape index (κ3) is 2.13. The van der Waals surface area contributed by atoms with Gasteiger partial charge in [0, 0.05) is 31.7 Å². The number of rotatable bonds is 3. The van der Waals surface area contributed by atoms with Gasteiger partial charge in [0.05, 0.1) is 12.7 Å². The Balaban J connectivity index is 1.65. The average molecular weight is 246 g/mol. The molecule has 0 aliphatic carbocycles. The van der Waals surface area contributed by atoms with Gasteiger partial charge < -0.3 is 10.1 Å². The lowest BCUT2D eigenvalue weighted by atomic mass is 10.1. The number of piperazine rings is 1. The van der Waals surface area contributed by atoms with Gasteiger partial charge in [-0.3, -0.25) is 4.90 Å². The Bertz CT molecular complexity index is 444. The summed E-state index contributed by atoms with van der Waals surface area (Å²) in [5, 5.41) is 3.50. The van der Waals surface area contributed by atoms with Gasteiger partial charge in [0.15, 0.2) is 0 Å². The van der Waals surface area contributed by atoms with Crippen LogP contribution < -0.4 is 5.32 Å². The number of benzene rings is 1. The van der Waals surface area contributed by atoms with Crippen molar-refractivity contribution in [2.45, 2.75) is 25.0 Å². The van der Waals surface area contributed by atoms with Crippen LogP contribution >= 0.6 is 0 Å². The molecule has 2 heterocycles. The first-order valence-corrected chi connectivity index (χ1v) is 6.41. The summed E-state index contributed by atoms with van der Waals surface area (Å²) in [4.78, 5) is 13.9. The number of likely N-dealkylation sites (tertiary alicyclic amines) is 1. The highest BCUT2D eigenvalue weighted by Gasteiger charge is 2.37. The molecule has 0 spiro atoms. The molecule has 1 N–H and O–H groups in total. The maximum Gasteiger partial charge on any atom is 0.337 e. The molecule has 2 saturated heterocycles. The molecule has 1 aromatic carbocycles. The molecule has 2 atom stereocenters. The smallest absolute Gasteiger partial charge is 0.337 e. The highest BCUT2D eigenvalue weighted by Crippen LogP contribution is 2.25. The number of esters is 1. The van der Waals surface area contributed by atoms with Gasteiger partial charge in [-0.1, -0.05) is 12.1 Å². The monoisotopic (exact) mass is 246 g/mol. The van der Waals surface area contributed by atoms with E-state index in [-0.39, 0.29) is 5.97 Å². The van der Waals surface area contributed by atoms with Gasteiger partial charge in [-0.15, -0.1) is 0 Å². The number of hydrogen-bond acceptors (Lipinski definition) is 4. The molecular weight excluding hydrogens is 228 g/mol. The van der Waals surface area contributed by atoms with Crippen molar-refractivity contribution in [3.05, 3.63) is 35.4 Å². The average Bonchev–Trinajstić information content (AvgIpc) is 3.01. The van der Waals surface area contributed by atoms with Crippen LogP contribution in [-0.2, 0) is 11.3 Å². The van der Waals surface area contributed by atoms with E-state index in [0.717, 1.165) is 19.6 Å². The van der Waals surface area contributed by atoms with Gasteiger partial charge >= 0.3 is 5.97 Å². The van der Waals surface area contributed by atoms with Crippen LogP contribution in [0.25, 0.3) is 0 Å². The van der Waals surface area contributed by atoms with Gasteiger partial charge in [-0.05, 0) is 24.1 Å². The molecule has 0 amide bonds. The van der Waals surface area contributed by atoms with E-state index < -0.39 is 0 Å². The van der Waals surface area contributed by atoms with Crippen LogP contribution in [0.3, 0.4) is 0 Å². The Labute approximate surface area is 107 Å². The van der Waals surface area contributed by atoms with Crippen LogP contribution in [0.5, 0.6) is 0 Å². The van der Waals surface area contributed by atoms with E-state index in [1.54, 1.807) is 0 Å². The quantitative estimate of drug-likeness (QED) is 0.809. The van der Waals surface area contributed by atoms with Gasteiger partial charge in [0.25, 0.3) is 0 Å². The summed E-state index contributed by atoms with van der Waals surface area (Å²) < 4.78 is 4.69. The zero-order chi connectivity index (χ0) is 12.5. The molecule has 2 unspecified atom stereocenters. The number of nitrogens with zero attached hydrogens (tertiary/aromatic N) is 1. The maximum absolute atomic E-state index is 11.3. The van der Waals surface area contributed by atoms with E-state index in [9.17, 15) is 4.79 Å². The van der Waals surface area contributed by atoms with Crippen molar-refractivity contribution >= 4 is 5.97 Å². The molecule has 0 radical (unpaired) electrons. The van der Waals surface area contributed by atoms with Crippen molar-refractivity contribution in [2.24, 2.45) is 0 Å². The zero-order valence-corrected chi connectivity index (χ0v) is 10.6. The van der Waals surface area contributed by atoms with E-state index in [1.807, 2.05) is 24.3 Å². The lowest BCUT2D eigenvalue weighted by molar-refractivity contribution is 0.0600. The maximum atomic E-state index is 11.3. The fourth-order valence-electron chi connectivity index (χ4n) is 2.94. The normalized spacial score (nSPS) is 26.5. The number of nitrogens with one attached hydrogen (secondary N) is 1. The Morgan fingerprint density at radius 1 is 1.44 bits per heavy atom. The Hall–Kier alpha value is -1.39. The molecule has 2 aliphatic rings. The Kier molecular flexibility index (Phi) is 3.06. The van der Waals surface area contributed by atoms with Crippen LogP contribution in [-0.4, -0.2) is 43.2 Å². The van der Waals surface area contributed by atoms with Crippen molar-refractivity contribution in [1.29, 1.82) is 0 Å². The molecule has 4 nitrogen and oxygen atoms in total. The minimum absolute atomic E-state index is 0.272. The second-order valence-corrected chi connectivity index (χ2v) is 5.11. The molecule has 0 aromatic heterocycles. The first kappa shape index (κ1) is 11.7. The fraction of sp³-hybridized carbons (Fsp3) is 0.500. The van der Waals surface area contributed by atoms with Crippen LogP contribution in [0, 0.1) is 0 Å². The highest BCUT2D eigenvalue weighted by molar-refractivity contribution is 5.89. The molecule has 2 fully saturated rings. The molecule has 4 heteroatoms. The third-order valence-corrected chi connectivity index (χ3v) is 3.93. The Morgan fingerprint density at radius 3 is 2.78 bits per heavy atom. The molecular formula is C14H18N2O2. The van der Waals surface area contributed by atoms with Crippen LogP contribution in [0.1, 0.15) is 22.3 Å². The van der Waals surface area contributed by atoms with Gasteiger partial charge in [0.1, 0.15) is 0 Å². The topological polar surface area (TPSA) is 41.6 Å². The summed E-state index contributed by atoms with van der Waals surface area (Å²) in [7, 11) is 1.41. The van der Waals surface area contributed by atoms with Crippen LogP contribution in [0.4, 0.5) is 0 Å². The molecule has 1 aromatic rings. The summed E-state index contributed by atoms with van der Waals surface area (Å²) in [6.45, 7) is 3.23. The van der Waals surface area contributed by atoms with Crippen molar-refractivity contribution < 1.29 is 9.53 Å². The lowest BCUT2D eigenvalue weighted by Crippen LogP contribution is -2.42. The minimum atomic E-state index is -0.272. The molecule has 2 bridgehead atoms. The summed E-state index contributed by atoms with van der Waals surface area (Å²) >= 11 is 0. The highest BCUT2D eigenvalue weighted by atomic mass is 16.5. The molecule has 96 valence electrons. The van der Waals surface area contributed by atoms with E-state index in [2.05, 4.69) is 10.2 Å². The largest absolute Gasteiger partial charge is 0.465 e. The van der Waals surface area contributed by atoms with Crippen molar-refractivity contribution in [3.8, 4) is 0 Å². The predicted octanol–water partition coefficient (Wildman–Crippen LogP) is 1.02. The SMILES string of the molecule is COC(=O)c1ccc(CN2CC3CC2CN3)cc1. The minimum Gasteiger partial charge on any atom is -0.465 e. The summed E-state index contributed by atoms with van der Waals surface area (Å²) in [6, 6.07) is 9.10. The predicted molar refractivity (Wildman–Crippen MR) is 68.4 cm³/mol. The summed E-state index contributed by atoms with van der Waals surface area (Å²) in [5.74, 6) is -0.272. The molecule has 2 aliphatic heterocycles. The first-order valence-electron chi connectivity index (χ1n) is 6.41. The van der Waals surface area contributed by atoms with E-state index in [4.69, 9.17) is 4.74 Å². The standard InChI is InChI=1S/C14H18N2O2/c1-18-14(17)11-4-2-10(3-5-11)8-16-9-12-6-13(16)7-15-12/h2-5,12-13,15H,6-9H2,1H3. The number of ether oxygens (including phenoxy) is 1. The van der Waals surface area contributed by atoms with Crippen molar-refractivity contribution in [3.63, 3.8) is 0 Å². The first-order chi connectivity index (χ1) is 8.76. The molecule has 3 rings (SSSR count). The van der Waals surface area contributed by atoms with Gasteiger partial charge in [-0.25, -0.2) is 4.79 Å². The second kappa shape index (κ2) is 4.71.